The van der Waals surface area contributed by atoms with Crippen LogP contribution in [0, 0.1) is 6.92 Å². The molecule has 1 aromatic heterocycles. The number of halogens is 1. The first-order chi connectivity index (χ1) is 9.08. The second-order valence-corrected chi connectivity index (χ2v) is 4.61. The number of benzene rings is 1. The van der Waals surface area contributed by atoms with Crippen molar-refractivity contribution < 1.29 is 14.0 Å². The van der Waals surface area contributed by atoms with E-state index in [0.717, 1.165) is 5.56 Å². The fourth-order valence-corrected chi connectivity index (χ4v) is 1.81. The number of hydrogen-bond acceptors (Lipinski definition) is 3. The van der Waals surface area contributed by atoms with E-state index in [-0.39, 0.29) is 11.7 Å². The van der Waals surface area contributed by atoms with Crippen LogP contribution in [-0.2, 0) is 0 Å². The van der Waals surface area contributed by atoms with E-state index in [0.29, 0.717) is 10.2 Å². The molecule has 0 atom stereocenters. The highest BCUT2D eigenvalue weighted by atomic mass is 79.9. The summed E-state index contributed by atoms with van der Waals surface area (Å²) in [5, 5.41) is 0. The van der Waals surface area contributed by atoms with Gasteiger partial charge < -0.3 is 4.42 Å². The van der Waals surface area contributed by atoms with Crippen LogP contribution >= 0.6 is 15.9 Å². The molecule has 2 aromatic rings. The summed E-state index contributed by atoms with van der Waals surface area (Å²) in [6.07, 6.45) is 0. The molecular formula is C13H11BrN2O3. The molecule has 6 heteroatoms. The lowest BCUT2D eigenvalue weighted by molar-refractivity contribution is 0.0830. The van der Waals surface area contributed by atoms with Crippen molar-refractivity contribution >= 4 is 27.7 Å². The summed E-state index contributed by atoms with van der Waals surface area (Å²) in [6, 6.07) is 10.2. The molecule has 0 spiro atoms. The van der Waals surface area contributed by atoms with Gasteiger partial charge in [-0.3, -0.25) is 20.4 Å². The van der Waals surface area contributed by atoms with Crippen molar-refractivity contribution in [2.75, 3.05) is 0 Å². The maximum Gasteiger partial charge on any atom is 0.305 e. The maximum absolute atomic E-state index is 11.8. The molecule has 2 amide bonds. The molecule has 0 fully saturated rings. The molecule has 98 valence electrons. The lowest BCUT2D eigenvalue weighted by Crippen LogP contribution is -2.41. The zero-order valence-electron chi connectivity index (χ0n) is 10.1. The van der Waals surface area contributed by atoms with Crippen molar-refractivity contribution in [3.05, 3.63) is 58.0 Å². The van der Waals surface area contributed by atoms with Gasteiger partial charge in [-0.1, -0.05) is 18.2 Å². The Morgan fingerprint density at radius 1 is 1.05 bits per heavy atom. The van der Waals surface area contributed by atoms with Crippen LogP contribution in [0.4, 0.5) is 0 Å². The highest BCUT2D eigenvalue weighted by Gasteiger charge is 2.13. The van der Waals surface area contributed by atoms with E-state index in [4.69, 9.17) is 4.42 Å². The first-order valence-electron chi connectivity index (χ1n) is 5.49. The van der Waals surface area contributed by atoms with Gasteiger partial charge in [-0.05, 0) is 46.6 Å². The standard InChI is InChI=1S/C13H11BrN2O3/c1-8-4-2-3-5-9(8)12(17)15-16-13(18)10-6-7-11(14)19-10/h2-7H,1H3,(H,15,17)(H,16,18). The number of amides is 2. The van der Waals surface area contributed by atoms with E-state index in [1.807, 2.05) is 19.1 Å². The number of hydrazine groups is 1. The molecule has 0 aliphatic rings. The first-order valence-corrected chi connectivity index (χ1v) is 6.29. The van der Waals surface area contributed by atoms with Crippen LogP contribution < -0.4 is 10.9 Å². The molecule has 0 saturated carbocycles. The quantitative estimate of drug-likeness (QED) is 0.834. The molecule has 2 rings (SSSR count). The Morgan fingerprint density at radius 2 is 1.74 bits per heavy atom. The molecule has 1 aromatic carbocycles. The van der Waals surface area contributed by atoms with Crippen LogP contribution in [-0.4, -0.2) is 11.8 Å². The molecule has 5 nitrogen and oxygen atoms in total. The average molecular weight is 323 g/mol. The van der Waals surface area contributed by atoms with Crippen molar-refractivity contribution in [1.82, 2.24) is 10.9 Å². The summed E-state index contributed by atoms with van der Waals surface area (Å²) < 4.78 is 5.51. The molecular weight excluding hydrogens is 312 g/mol. The summed E-state index contributed by atoms with van der Waals surface area (Å²) >= 11 is 3.09. The Kier molecular flexibility index (Phi) is 4.01. The van der Waals surface area contributed by atoms with Gasteiger partial charge in [0.05, 0.1) is 0 Å². The number of aryl methyl sites for hydroxylation is 1. The Labute approximate surface area is 118 Å². The van der Waals surface area contributed by atoms with Crippen LogP contribution in [0.2, 0.25) is 0 Å². The van der Waals surface area contributed by atoms with Crippen molar-refractivity contribution in [2.24, 2.45) is 0 Å². The second-order valence-electron chi connectivity index (χ2n) is 3.83. The van der Waals surface area contributed by atoms with Gasteiger partial charge in [0.2, 0.25) is 0 Å². The molecule has 2 N–H and O–H groups in total. The smallest absolute Gasteiger partial charge is 0.305 e. The van der Waals surface area contributed by atoms with Crippen LogP contribution in [0.3, 0.4) is 0 Å². The number of hydrogen-bond donors (Lipinski definition) is 2. The lowest BCUT2D eigenvalue weighted by Gasteiger charge is -2.07. The molecule has 0 bridgehead atoms. The number of rotatable bonds is 2. The van der Waals surface area contributed by atoms with E-state index in [9.17, 15) is 9.59 Å². The first kappa shape index (κ1) is 13.4. The molecule has 1 heterocycles. The highest BCUT2D eigenvalue weighted by molar-refractivity contribution is 9.10. The van der Waals surface area contributed by atoms with Gasteiger partial charge in [0.15, 0.2) is 10.4 Å². The van der Waals surface area contributed by atoms with Gasteiger partial charge in [-0.2, -0.15) is 0 Å². The third-order valence-electron chi connectivity index (χ3n) is 2.48. The topological polar surface area (TPSA) is 71.3 Å². The van der Waals surface area contributed by atoms with E-state index in [1.165, 1.54) is 6.07 Å². The van der Waals surface area contributed by atoms with Crippen LogP contribution in [0.5, 0.6) is 0 Å². The van der Waals surface area contributed by atoms with Gasteiger partial charge in [-0.25, -0.2) is 0 Å². The molecule has 0 aliphatic carbocycles. The Morgan fingerprint density at radius 3 is 2.37 bits per heavy atom. The van der Waals surface area contributed by atoms with Gasteiger partial charge in [0.1, 0.15) is 0 Å². The maximum atomic E-state index is 11.8. The van der Waals surface area contributed by atoms with E-state index in [2.05, 4.69) is 26.8 Å². The minimum Gasteiger partial charge on any atom is -0.444 e. The SMILES string of the molecule is Cc1ccccc1C(=O)NNC(=O)c1ccc(Br)o1. The van der Waals surface area contributed by atoms with E-state index >= 15 is 0 Å². The Bertz CT molecular complexity index is 622. The summed E-state index contributed by atoms with van der Waals surface area (Å²) in [6.45, 7) is 1.82. The van der Waals surface area contributed by atoms with Gasteiger partial charge >= 0.3 is 5.91 Å². The Balaban J connectivity index is 1.98. The fourth-order valence-electron chi connectivity index (χ4n) is 1.51. The monoisotopic (exact) mass is 322 g/mol. The third-order valence-corrected chi connectivity index (χ3v) is 2.90. The van der Waals surface area contributed by atoms with Crippen molar-refractivity contribution in [3.8, 4) is 0 Å². The van der Waals surface area contributed by atoms with Crippen LogP contribution in [0.25, 0.3) is 0 Å². The lowest BCUT2D eigenvalue weighted by atomic mass is 10.1. The minimum atomic E-state index is -0.521. The summed E-state index contributed by atoms with van der Waals surface area (Å²) in [7, 11) is 0. The summed E-state index contributed by atoms with van der Waals surface area (Å²) in [5.41, 5.74) is 5.95. The van der Waals surface area contributed by atoms with Crippen molar-refractivity contribution in [2.45, 2.75) is 6.92 Å². The number of carbonyl (C=O) groups excluding carboxylic acids is 2. The molecule has 19 heavy (non-hydrogen) atoms. The van der Waals surface area contributed by atoms with Gasteiger partial charge in [0.25, 0.3) is 5.91 Å². The van der Waals surface area contributed by atoms with E-state index in [1.54, 1.807) is 18.2 Å². The van der Waals surface area contributed by atoms with Crippen LogP contribution in [0.15, 0.2) is 45.5 Å². The fraction of sp³-hybridized carbons (Fsp3) is 0.0769. The highest BCUT2D eigenvalue weighted by Crippen LogP contribution is 2.13. The predicted molar refractivity (Wildman–Crippen MR) is 72.5 cm³/mol. The summed E-state index contributed by atoms with van der Waals surface area (Å²) in [4.78, 5) is 23.5. The van der Waals surface area contributed by atoms with Crippen LogP contribution in [0.1, 0.15) is 26.5 Å². The average Bonchev–Trinajstić information content (AvgIpc) is 2.83. The molecule has 0 radical (unpaired) electrons. The molecule has 0 unspecified atom stereocenters. The van der Waals surface area contributed by atoms with Crippen molar-refractivity contribution in [3.63, 3.8) is 0 Å². The zero-order valence-corrected chi connectivity index (χ0v) is 11.7. The van der Waals surface area contributed by atoms with E-state index < -0.39 is 5.91 Å². The number of furan rings is 1. The number of carbonyl (C=O) groups is 2. The van der Waals surface area contributed by atoms with Crippen molar-refractivity contribution in [1.29, 1.82) is 0 Å². The minimum absolute atomic E-state index is 0.108. The molecule has 0 aliphatic heterocycles. The predicted octanol–water partition coefficient (Wildman–Crippen LogP) is 2.43. The van der Waals surface area contributed by atoms with Gasteiger partial charge in [0, 0.05) is 5.56 Å². The largest absolute Gasteiger partial charge is 0.444 e. The normalized spacial score (nSPS) is 10.0. The third kappa shape index (κ3) is 3.23. The second kappa shape index (κ2) is 5.71. The zero-order chi connectivity index (χ0) is 13.8. The Hall–Kier alpha value is -2.08. The van der Waals surface area contributed by atoms with Gasteiger partial charge in [-0.15, -0.1) is 0 Å². The molecule has 0 saturated heterocycles. The summed E-state index contributed by atoms with van der Waals surface area (Å²) in [5.74, 6) is -0.790. The number of nitrogens with one attached hydrogen (secondary N) is 2.